The molecule has 1 heterocycles. The zero-order valence-electron chi connectivity index (χ0n) is 9.39. The Bertz CT molecular complexity index is 560. The lowest BCUT2D eigenvalue weighted by atomic mass is 9.88. The van der Waals surface area contributed by atoms with Crippen molar-refractivity contribution in [2.24, 2.45) is 0 Å². The first-order chi connectivity index (χ1) is 7.75. The van der Waals surface area contributed by atoms with Crippen LogP contribution < -0.4 is 0 Å². The molecule has 0 spiro atoms. The van der Waals surface area contributed by atoms with Crippen molar-refractivity contribution in [3.63, 3.8) is 0 Å². The van der Waals surface area contributed by atoms with E-state index in [1.165, 1.54) is 42.3 Å². The van der Waals surface area contributed by atoms with Gasteiger partial charge >= 0.3 is 0 Å². The Kier molecular flexibility index (Phi) is 2.47. The minimum Gasteiger partial charge on any atom is -0.253 e. The predicted molar refractivity (Wildman–Crippen MR) is 70.8 cm³/mol. The summed E-state index contributed by atoms with van der Waals surface area (Å²) in [5.41, 5.74) is 5.40. The van der Waals surface area contributed by atoms with Crippen LogP contribution in [0.4, 0.5) is 0 Å². The van der Waals surface area contributed by atoms with Gasteiger partial charge in [0.25, 0.3) is 0 Å². The van der Waals surface area contributed by atoms with E-state index in [1.807, 2.05) is 0 Å². The normalized spacial score (nSPS) is 15.1. The standard InChI is InChI=1S/C14H14BrN/c1-9-11-4-2-3-5-12(11)13-7-6-10(15)8-14(13)16-9/h6-8H,2-5H2,1H3. The second-order valence-electron chi connectivity index (χ2n) is 4.52. The third kappa shape index (κ3) is 1.56. The first-order valence-electron chi connectivity index (χ1n) is 5.83. The van der Waals surface area contributed by atoms with Crippen LogP contribution in [0.3, 0.4) is 0 Å². The molecule has 0 unspecified atom stereocenters. The zero-order valence-corrected chi connectivity index (χ0v) is 11.0. The summed E-state index contributed by atoms with van der Waals surface area (Å²) in [5, 5.41) is 1.35. The van der Waals surface area contributed by atoms with Crippen LogP contribution in [0.5, 0.6) is 0 Å². The Hall–Kier alpha value is -0.890. The molecule has 3 rings (SSSR count). The van der Waals surface area contributed by atoms with Crippen LogP contribution in [0.15, 0.2) is 22.7 Å². The van der Waals surface area contributed by atoms with Crippen molar-refractivity contribution in [1.82, 2.24) is 4.98 Å². The Morgan fingerprint density at radius 3 is 2.69 bits per heavy atom. The Labute approximate surface area is 104 Å². The molecule has 0 aliphatic heterocycles. The number of hydrogen-bond acceptors (Lipinski definition) is 1. The average molecular weight is 276 g/mol. The van der Waals surface area contributed by atoms with Gasteiger partial charge in [-0.05, 0) is 55.9 Å². The highest BCUT2D eigenvalue weighted by Gasteiger charge is 2.15. The molecule has 0 radical (unpaired) electrons. The van der Waals surface area contributed by atoms with Crippen LogP contribution in [0, 0.1) is 6.92 Å². The number of aryl methyl sites for hydroxylation is 2. The van der Waals surface area contributed by atoms with Gasteiger partial charge in [-0.2, -0.15) is 0 Å². The average Bonchev–Trinajstić information content (AvgIpc) is 2.29. The molecule has 16 heavy (non-hydrogen) atoms. The fraction of sp³-hybridized carbons (Fsp3) is 0.357. The highest BCUT2D eigenvalue weighted by Crippen LogP contribution is 2.31. The molecule has 82 valence electrons. The topological polar surface area (TPSA) is 12.9 Å². The number of benzene rings is 1. The molecular formula is C14H14BrN. The maximum Gasteiger partial charge on any atom is 0.0719 e. The minimum atomic E-state index is 1.11. The summed E-state index contributed by atoms with van der Waals surface area (Å²) in [6.07, 6.45) is 5.07. The summed E-state index contributed by atoms with van der Waals surface area (Å²) in [7, 11) is 0. The number of rotatable bonds is 0. The van der Waals surface area contributed by atoms with Crippen molar-refractivity contribution >= 4 is 26.8 Å². The Morgan fingerprint density at radius 1 is 1.12 bits per heavy atom. The summed E-state index contributed by atoms with van der Waals surface area (Å²) in [5.74, 6) is 0. The van der Waals surface area contributed by atoms with Crippen LogP contribution in [-0.4, -0.2) is 4.98 Å². The van der Waals surface area contributed by atoms with Crippen molar-refractivity contribution in [2.75, 3.05) is 0 Å². The van der Waals surface area contributed by atoms with Crippen LogP contribution in [-0.2, 0) is 12.8 Å². The number of hydrogen-bond donors (Lipinski definition) is 0. The molecule has 1 aromatic carbocycles. The quantitative estimate of drug-likeness (QED) is 0.703. The van der Waals surface area contributed by atoms with Gasteiger partial charge in [0.2, 0.25) is 0 Å². The SMILES string of the molecule is Cc1nc2cc(Br)ccc2c2c1CCCC2. The van der Waals surface area contributed by atoms with E-state index in [4.69, 9.17) is 4.98 Å². The minimum absolute atomic E-state index is 1.11. The number of pyridine rings is 1. The lowest BCUT2D eigenvalue weighted by Gasteiger charge is -2.19. The van der Waals surface area contributed by atoms with E-state index in [2.05, 4.69) is 41.1 Å². The largest absolute Gasteiger partial charge is 0.253 e. The summed E-state index contributed by atoms with van der Waals surface area (Å²) < 4.78 is 1.11. The van der Waals surface area contributed by atoms with Gasteiger partial charge in [0.15, 0.2) is 0 Å². The number of nitrogens with zero attached hydrogens (tertiary/aromatic N) is 1. The molecule has 0 fully saturated rings. The van der Waals surface area contributed by atoms with Gasteiger partial charge in [-0.1, -0.05) is 22.0 Å². The van der Waals surface area contributed by atoms with E-state index in [0.717, 1.165) is 9.99 Å². The van der Waals surface area contributed by atoms with Crippen molar-refractivity contribution in [3.05, 3.63) is 39.5 Å². The first-order valence-corrected chi connectivity index (χ1v) is 6.62. The molecule has 2 aromatic rings. The van der Waals surface area contributed by atoms with Crippen LogP contribution in [0.2, 0.25) is 0 Å². The van der Waals surface area contributed by atoms with Gasteiger partial charge < -0.3 is 0 Å². The first kappa shape index (κ1) is 10.3. The highest BCUT2D eigenvalue weighted by atomic mass is 79.9. The predicted octanol–water partition coefficient (Wildman–Crippen LogP) is 4.18. The zero-order chi connectivity index (χ0) is 11.1. The second-order valence-corrected chi connectivity index (χ2v) is 5.44. The van der Waals surface area contributed by atoms with E-state index < -0.39 is 0 Å². The van der Waals surface area contributed by atoms with Crippen molar-refractivity contribution in [3.8, 4) is 0 Å². The van der Waals surface area contributed by atoms with Crippen molar-refractivity contribution in [1.29, 1.82) is 0 Å². The summed E-state index contributed by atoms with van der Waals surface area (Å²) in [4.78, 5) is 4.72. The third-order valence-corrected chi connectivity index (χ3v) is 3.97. The van der Waals surface area contributed by atoms with Gasteiger partial charge in [0.05, 0.1) is 5.52 Å². The molecule has 0 saturated carbocycles. The molecule has 1 aromatic heterocycles. The van der Waals surface area contributed by atoms with Gasteiger partial charge in [0.1, 0.15) is 0 Å². The van der Waals surface area contributed by atoms with Crippen molar-refractivity contribution in [2.45, 2.75) is 32.6 Å². The fourth-order valence-corrected chi connectivity index (χ4v) is 3.05. The fourth-order valence-electron chi connectivity index (χ4n) is 2.70. The molecular weight excluding hydrogens is 262 g/mol. The lowest BCUT2D eigenvalue weighted by molar-refractivity contribution is 0.683. The molecule has 0 bridgehead atoms. The van der Waals surface area contributed by atoms with Crippen LogP contribution in [0.25, 0.3) is 10.9 Å². The maximum atomic E-state index is 4.72. The van der Waals surface area contributed by atoms with Gasteiger partial charge in [-0.15, -0.1) is 0 Å². The molecule has 1 aliphatic rings. The van der Waals surface area contributed by atoms with E-state index in [9.17, 15) is 0 Å². The number of aromatic nitrogens is 1. The van der Waals surface area contributed by atoms with E-state index in [-0.39, 0.29) is 0 Å². The number of halogens is 1. The second kappa shape index (κ2) is 3.85. The van der Waals surface area contributed by atoms with E-state index in [1.54, 1.807) is 5.56 Å². The molecule has 0 saturated heterocycles. The smallest absolute Gasteiger partial charge is 0.0719 e. The van der Waals surface area contributed by atoms with Gasteiger partial charge in [-0.3, -0.25) is 4.98 Å². The highest BCUT2D eigenvalue weighted by molar-refractivity contribution is 9.10. The summed E-state index contributed by atoms with van der Waals surface area (Å²) in [6, 6.07) is 6.45. The van der Waals surface area contributed by atoms with Crippen LogP contribution in [0.1, 0.15) is 29.7 Å². The van der Waals surface area contributed by atoms with Gasteiger partial charge in [0, 0.05) is 15.6 Å². The molecule has 0 N–H and O–H groups in total. The number of fused-ring (bicyclic) bond motifs is 3. The van der Waals surface area contributed by atoms with Gasteiger partial charge in [-0.25, -0.2) is 0 Å². The third-order valence-electron chi connectivity index (χ3n) is 3.48. The monoisotopic (exact) mass is 275 g/mol. The Morgan fingerprint density at radius 2 is 1.88 bits per heavy atom. The Balaban J connectivity index is 2.37. The molecule has 0 amide bonds. The van der Waals surface area contributed by atoms with Crippen molar-refractivity contribution < 1.29 is 0 Å². The molecule has 0 atom stereocenters. The lowest BCUT2D eigenvalue weighted by Crippen LogP contribution is -2.07. The molecule has 1 aliphatic carbocycles. The molecule has 1 nitrogen and oxygen atoms in total. The van der Waals surface area contributed by atoms with E-state index in [0.29, 0.717) is 0 Å². The summed E-state index contributed by atoms with van der Waals surface area (Å²) in [6.45, 7) is 2.14. The molecule has 2 heteroatoms. The van der Waals surface area contributed by atoms with E-state index >= 15 is 0 Å². The maximum absolute atomic E-state index is 4.72. The van der Waals surface area contributed by atoms with Crippen LogP contribution >= 0.6 is 15.9 Å². The summed E-state index contributed by atoms with van der Waals surface area (Å²) >= 11 is 3.51.